The highest BCUT2D eigenvalue weighted by Gasteiger charge is 2.31. The molecule has 0 aliphatic carbocycles. The van der Waals surface area contributed by atoms with Gasteiger partial charge in [0.1, 0.15) is 6.54 Å². The van der Waals surface area contributed by atoms with E-state index in [1.165, 1.54) is 30.3 Å². The summed E-state index contributed by atoms with van der Waals surface area (Å²) in [7, 11) is -4.16. The van der Waals surface area contributed by atoms with Gasteiger partial charge in [0.15, 0.2) is 0 Å². The van der Waals surface area contributed by atoms with Crippen molar-refractivity contribution in [3.63, 3.8) is 0 Å². The van der Waals surface area contributed by atoms with Crippen LogP contribution in [0.1, 0.15) is 5.56 Å². The molecule has 3 aromatic rings. The van der Waals surface area contributed by atoms with Gasteiger partial charge in [-0.25, -0.2) is 8.42 Å². The number of benzene rings is 3. The summed E-state index contributed by atoms with van der Waals surface area (Å²) in [6, 6.07) is 18.6. The molecule has 0 aromatic heterocycles. The number of piperazine rings is 1. The first-order valence-corrected chi connectivity index (χ1v) is 13.1. The highest BCUT2D eigenvalue weighted by atomic mass is 35.5. The average molecular weight is 529 g/mol. The molecule has 1 heterocycles. The largest absolute Gasteiger partial charge is 0.368 e. The molecule has 1 amide bonds. The smallest absolute Gasteiger partial charge is 0.271 e. The Morgan fingerprint density at radius 1 is 1.00 bits per heavy atom. The summed E-state index contributed by atoms with van der Waals surface area (Å²) in [6.07, 6.45) is 0. The summed E-state index contributed by atoms with van der Waals surface area (Å²) >= 11 is 6.16. The van der Waals surface area contributed by atoms with Crippen LogP contribution in [0.5, 0.6) is 0 Å². The van der Waals surface area contributed by atoms with Crippen LogP contribution in [-0.4, -0.2) is 56.9 Å². The van der Waals surface area contributed by atoms with Gasteiger partial charge in [0.2, 0.25) is 5.91 Å². The number of nitro groups is 1. The van der Waals surface area contributed by atoms with Crippen molar-refractivity contribution in [2.45, 2.75) is 11.8 Å². The predicted octanol–water partition coefficient (Wildman–Crippen LogP) is 4.10. The highest BCUT2D eigenvalue weighted by molar-refractivity contribution is 7.92. The summed E-state index contributed by atoms with van der Waals surface area (Å²) < 4.78 is 27.9. The molecule has 36 heavy (non-hydrogen) atoms. The second kappa shape index (κ2) is 10.5. The zero-order chi connectivity index (χ0) is 25.9. The van der Waals surface area contributed by atoms with Gasteiger partial charge in [-0.1, -0.05) is 41.9 Å². The lowest BCUT2D eigenvalue weighted by atomic mass is 10.1. The molecule has 3 aromatic carbocycles. The van der Waals surface area contributed by atoms with E-state index >= 15 is 0 Å². The number of rotatable bonds is 7. The molecule has 0 saturated carbocycles. The lowest BCUT2D eigenvalue weighted by Crippen LogP contribution is -2.52. The van der Waals surface area contributed by atoms with Gasteiger partial charge in [0.25, 0.3) is 15.7 Å². The number of carbonyl (C=O) groups excluding carboxylic acids is 1. The molecule has 9 nitrogen and oxygen atoms in total. The summed E-state index contributed by atoms with van der Waals surface area (Å²) in [4.78, 5) is 27.7. The van der Waals surface area contributed by atoms with Crippen molar-refractivity contribution in [2.24, 2.45) is 0 Å². The van der Waals surface area contributed by atoms with Crippen molar-refractivity contribution >= 4 is 44.6 Å². The Labute approximate surface area is 214 Å². The minimum atomic E-state index is -4.16. The second-order valence-corrected chi connectivity index (χ2v) is 10.7. The first-order chi connectivity index (χ1) is 17.2. The quantitative estimate of drug-likeness (QED) is 0.338. The molecular formula is C25H25ClN4O5S. The maximum atomic E-state index is 13.5. The third-order valence-corrected chi connectivity index (χ3v) is 8.11. The second-order valence-electron chi connectivity index (χ2n) is 8.40. The molecule has 11 heteroatoms. The standard InChI is InChI=1S/C25H25ClN4O5S/c1-19-10-11-20(26)16-24(19)27-12-14-28(15-13-27)25(31)18-29(21-6-5-7-22(17-21)30(32)33)36(34,35)23-8-3-2-4-9-23/h2-11,16-17H,12-15,18H2,1H3. The first-order valence-electron chi connectivity index (χ1n) is 11.3. The van der Waals surface area contributed by atoms with Crippen molar-refractivity contribution in [1.29, 1.82) is 0 Å². The van der Waals surface area contributed by atoms with Crippen LogP contribution in [0.2, 0.25) is 5.02 Å². The van der Waals surface area contributed by atoms with E-state index in [-0.39, 0.29) is 22.2 Å². The summed E-state index contributed by atoms with van der Waals surface area (Å²) in [6.45, 7) is 3.45. The number of carbonyl (C=O) groups is 1. The molecule has 0 spiro atoms. The molecule has 0 atom stereocenters. The van der Waals surface area contributed by atoms with Gasteiger partial charge in [0.05, 0.1) is 15.5 Å². The van der Waals surface area contributed by atoms with Crippen molar-refractivity contribution in [2.75, 3.05) is 41.9 Å². The molecule has 0 N–H and O–H groups in total. The molecule has 188 valence electrons. The number of nitrogens with zero attached hydrogens (tertiary/aromatic N) is 4. The van der Waals surface area contributed by atoms with Crippen LogP contribution < -0.4 is 9.21 Å². The monoisotopic (exact) mass is 528 g/mol. The van der Waals surface area contributed by atoms with Crippen molar-refractivity contribution in [3.8, 4) is 0 Å². The van der Waals surface area contributed by atoms with Gasteiger partial charge in [-0.2, -0.15) is 0 Å². The van der Waals surface area contributed by atoms with Gasteiger partial charge in [-0.15, -0.1) is 0 Å². The van der Waals surface area contributed by atoms with Gasteiger partial charge >= 0.3 is 0 Å². The molecule has 1 fully saturated rings. The molecule has 0 unspecified atom stereocenters. The number of non-ortho nitro benzene ring substituents is 1. The SMILES string of the molecule is Cc1ccc(Cl)cc1N1CCN(C(=O)CN(c2cccc([N+](=O)[O-])c2)S(=O)(=O)c2ccccc2)CC1. The Hall–Kier alpha value is -3.63. The van der Waals surface area contributed by atoms with Crippen LogP contribution in [-0.2, 0) is 14.8 Å². The molecule has 0 bridgehead atoms. The third-order valence-electron chi connectivity index (χ3n) is 6.08. The fraction of sp³-hybridized carbons (Fsp3) is 0.240. The molecule has 1 aliphatic heterocycles. The van der Waals surface area contributed by atoms with Gasteiger partial charge in [-0.05, 0) is 42.8 Å². The summed E-state index contributed by atoms with van der Waals surface area (Å²) in [5.74, 6) is -0.386. The van der Waals surface area contributed by atoms with Crippen LogP contribution >= 0.6 is 11.6 Å². The minimum absolute atomic E-state index is 0.00874. The number of aryl methyl sites for hydroxylation is 1. The third kappa shape index (κ3) is 5.44. The fourth-order valence-corrected chi connectivity index (χ4v) is 5.73. The Bertz CT molecular complexity index is 1380. The van der Waals surface area contributed by atoms with Crippen LogP contribution in [0.15, 0.2) is 77.7 Å². The number of sulfonamides is 1. The van der Waals surface area contributed by atoms with E-state index in [0.717, 1.165) is 21.6 Å². The van der Waals surface area contributed by atoms with E-state index in [1.54, 1.807) is 23.1 Å². The number of hydrogen-bond acceptors (Lipinski definition) is 6. The zero-order valence-electron chi connectivity index (χ0n) is 19.6. The Kier molecular flexibility index (Phi) is 7.46. The highest BCUT2D eigenvalue weighted by Crippen LogP contribution is 2.28. The first kappa shape index (κ1) is 25.5. The molecule has 1 aliphatic rings. The number of hydrogen-bond donors (Lipinski definition) is 0. The van der Waals surface area contributed by atoms with Gasteiger partial charge in [-0.3, -0.25) is 19.2 Å². The van der Waals surface area contributed by atoms with Crippen LogP contribution in [0.4, 0.5) is 17.1 Å². The van der Waals surface area contributed by atoms with Crippen molar-refractivity contribution in [3.05, 3.63) is 93.5 Å². The fourth-order valence-electron chi connectivity index (χ4n) is 4.14. The van der Waals surface area contributed by atoms with Gasteiger partial charge in [0, 0.05) is 49.0 Å². The lowest BCUT2D eigenvalue weighted by Gasteiger charge is -2.37. The zero-order valence-corrected chi connectivity index (χ0v) is 21.2. The Morgan fingerprint density at radius 2 is 1.69 bits per heavy atom. The van der Waals surface area contributed by atoms with Gasteiger partial charge < -0.3 is 9.80 Å². The molecule has 0 radical (unpaired) electrons. The van der Waals surface area contributed by atoms with E-state index < -0.39 is 21.5 Å². The normalized spacial score (nSPS) is 13.9. The summed E-state index contributed by atoms with van der Waals surface area (Å²) in [5, 5.41) is 11.9. The summed E-state index contributed by atoms with van der Waals surface area (Å²) in [5.41, 5.74) is 1.86. The van der Waals surface area contributed by atoms with Crippen molar-refractivity contribution in [1.82, 2.24) is 4.90 Å². The van der Waals surface area contributed by atoms with Crippen LogP contribution in [0, 0.1) is 17.0 Å². The van der Waals surface area contributed by atoms with Crippen LogP contribution in [0.3, 0.4) is 0 Å². The van der Waals surface area contributed by atoms with E-state index in [2.05, 4.69) is 4.90 Å². The Balaban J connectivity index is 1.57. The van der Waals surface area contributed by atoms with E-state index in [0.29, 0.717) is 31.2 Å². The van der Waals surface area contributed by atoms with Crippen LogP contribution in [0.25, 0.3) is 0 Å². The average Bonchev–Trinajstić information content (AvgIpc) is 2.89. The van der Waals surface area contributed by atoms with E-state index in [4.69, 9.17) is 11.6 Å². The number of halogens is 1. The van der Waals surface area contributed by atoms with Crippen molar-refractivity contribution < 1.29 is 18.1 Å². The number of amides is 1. The van der Waals surface area contributed by atoms with E-state index in [1.807, 2.05) is 25.1 Å². The number of nitro benzene ring substituents is 1. The maximum Gasteiger partial charge on any atom is 0.271 e. The molecule has 4 rings (SSSR count). The number of anilines is 2. The topological polar surface area (TPSA) is 104 Å². The van der Waals surface area contributed by atoms with E-state index in [9.17, 15) is 23.3 Å². The molecule has 1 saturated heterocycles. The maximum absolute atomic E-state index is 13.5. The lowest BCUT2D eigenvalue weighted by molar-refractivity contribution is -0.384. The Morgan fingerprint density at radius 3 is 2.36 bits per heavy atom. The minimum Gasteiger partial charge on any atom is -0.368 e. The molecular weight excluding hydrogens is 504 g/mol. The predicted molar refractivity (Wildman–Crippen MR) is 139 cm³/mol.